The second-order valence-electron chi connectivity index (χ2n) is 5.48. The van der Waals surface area contributed by atoms with Gasteiger partial charge in [-0.3, -0.25) is 0 Å². The van der Waals surface area contributed by atoms with Crippen LogP contribution in [-0.4, -0.2) is 11.3 Å². The maximum Gasteiger partial charge on any atom is 0.0346 e. The molecule has 1 N–H and O–H groups in total. The molecule has 0 amide bonds. The zero-order valence-electron chi connectivity index (χ0n) is 11.5. The van der Waals surface area contributed by atoms with Gasteiger partial charge in [-0.05, 0) is 37.0 Å². The van der Waals surface area contributed by atoms with Crippen molar-refractivity contribution in [2.75, 3.05) is 0 Å². The molecule has 1 nitrogen and oxygen atoms in total. The molecule has 1 heterocycles. The highest BCUT2D eigenvalue weighted by molar-refractivity contribution is 8.00. The SMILES string of the molecule is Cc1ccc(C)c2c1SC(C)CC2NC(C)C. The van der Waals surface area contributed by atoms with E-state index in [9.17, 15) is 0 Å². The third-order valence-corrected chi connectivity index (χ3v) is 4.75. The summed E-state index contributed by atoms with van der Waals surface area (Å²) in [5.74, 6) is 0. The molecule has 1 aromatic rings. The molecule has 17 heavy (non-hydrogen) atoms. The minimum atomic E-state index is 0.529. The molecule has 0 aromatic heterocycles. The van der Waals surface area contributed by atoms with E-state index < -0.39 is 0 Å². The van der Waals surface area contributed by atoms with Crippen LogP contribution in [0.25, 0.3) is 0 Å². The Hall–Kier alpha value is -0.470. The Balaban J connectivity index is 2.44. The van der Waals surface area contributed by atoms with E-state index >= 15 is 0 Å². The average Bonchev–Trinajstić information content (AvgIpc) is 2.22. The molecule has 0 saturated heterocycles. The topological polar surface area (TPSA) is 12.0 Å². The monoisotopic (exact) mass is 249 g/mol. The highest BCUT2D eigenvalue weighted by Crippen LogP contribution is 2.43. The first-order valence-electron chi connectivity index (χ1n) is 6.52. The molecule has 0 spiro atoms. The molecule has 1 aliphatic heterocycles. The van der Waals surface area contributed by atoms with Crippen LogP contribution >= 0.6 is 11.8 Å². The molecule has 0 saturated carbocycles. The normalized spacial score (nSPS) is 23.9. The molecule has 1 aliphatic rings. The number of nitrogens with one attached hydrogen (secondary N) is 1. The molecular formula is C15H23NS. The quantitative estimate of drug-likeness (QED) is 0.842. The minimum absolute atomic E-state index is 0.529. The second kappa shape index (κ2) is 5.03. The first-order valence-corrected chi connectivity index (χ1v) is 7.39. The van der Waals surface area contributed by atoms with Crippen molar-refractivity contribution in [3.63, 3.8) is 0 Å². The van der Waals surface area contributed by atoms with Gasteiger partial charge in [-0.25, -0.2) is 0 Å². The van der Waals surface area contributed by atoms with Crippen molar-refractivity contribution < 1.29 is 0 Å². The van der Waals surface area contributed by atoms with Gasteiger partial charge < -0.3 is 5.32 Å². The number of aryl methyl sites for hydroxylation is 2. The molecule has 0 bridgehead atoms. The number of hydrogen-bond donors (Lipinski definition) is 1. The zero-order valence-corrected chi connectivity index (χ0v) is 12.3. The predicted octanol–water partition coefficient (Wildman–Crippen LogP) is 4.23. The van der Waals surface area contributed by atoms with E-state index in [4.69, 9.17) is 0 Å². The van der Waals surface area contributed by atoms with E-state index in [0.717, 1.165) is 0 Å². The summed E-state index contributed by atoms with van der Waals surface area (Å²) in [6.45, 7) is 11.3. The van der Waals surface area contributed by atoms with Crippen LogP contribution in [0.4, 0.5) is 0 Å². The largest absolute Gasteiger partial charge is 0.308 e. The summed E-state index contributed by atoms with van der Waals surface area (Å²) in [6.07, 6.45) is 1.24. The Morgan fingerprint density at radius 2 is 1.88 bits per heavy atom. The fourth-order valence-corrected chi connectivity index (χ4v) is 4.02. The van der Waals surface area contributed by atoms with Crippen molar-refractivity contribution >= 4 is 11.8 Å². The summed E-state index contributed by atoms with van der Waals surface area (Å²) in [5, 5.41) is 4.43. The van der Waals surface area contributed by atoms with E-state index in [-0.39, 0.29) is 0 Å². The molecule has 2 heteroatoms. The van der Waals surface area contributed by atoms with Crippen LogP contribution in [0.2, 0.25) is 0 Å². The lowest BCUT2D eigenvalue weighted by Gasteiger charge is -2.33. The molecular weight excluding hydrogens is 226 g/mol. The Kier molecular flexibility index (Phi) is 3.84. The maximum absolute atomic E-state index is 3.72. The van der Waals surface area contributed by atoms with Gasteiger partial charge in [0.2, 0.25) is 0 Å². The standard InChI is InChI=1S/C15H23NS/c1-9(2)16-13-8-12(5)17-15-11(4)7-6-10(3)14(13)15/h6-7,9,12-13,16H,8H2,1-5H3. The fourth-order valence-electron chi connectivity index (χ4n) is 2.65. The van der Waals surface area contributed by atoms with E-state index in [2.05, 4.69) is 52.1 Å². The molecule has 1 aromatic carbocycles. The average molecular weight is 249 g/mol. The maximum atomic E-state index is 3.72. The highest BCUT2D eigenvalue weighted by atomic mass is 32.2. The van der Waals surface area contributed by atoms with Gasteiger partial charge in [-0.1, -0.05) is 32.9 Å². The summed E-state index contributed by atoms with van der Waals surface area (Å²) in [5.41, 5.74) is 4.41. The van der Waals surface area contributed by atoms with Crippen molar-refractivity contribution in [3.8, 4) is 0 Å². The van der Waals surface area contributed by atoms with Gasteiger partial charge in [0.05, 0.1) is 0 Å². The number of rotatable bonds is 2. The molecule has 94 valence electrons. The number of thioether (sulfide) groups is 1. The molecule has 2 unspecified atom stereocenters. The first kappa shape index (κ1) is 13.0. The minimum Gasteiger partial charge on any atom is -0.308 e. The second-order valence-corrected chi connectivity index (χ2v) is 6.93. The van der Waals surface area contributed by atoms with Crippen LogP contribution in [0.15, 0.2) is 17.0 Å². The molecule has 0 fully saturated rings. The molecule has 0 radical (unpaired) electrons. The predicted molar refractivity (Wildman–Crippen MR) is 76.9 cm³/mol. The van der Waals surface area contributed by atoms with Gasteiger partial charge in [0.15, 0.2) is 0 Å². The summed E-state index contributed by atoms with van der Waals surface area (Å²) in [7, 11) is 0. The van der Waals surface area contributed by atoms with Gasteiger partial charge in [-0.2, -0.15) is 0 Å². The van der Waals surface area contributed by atoms with Crippen molar-refractivity contribution in [1.29, 1.82) is 0 Å². The fraction of sp³-hybridized carbons (Fsp3) is 0.600. The van der Waals surface area contributed by atoms with Crippen LogP contribution in [0, 0.1) is 13.8 Å². The van der Waals surface area contributed by atoms with Gasteiger partial charge in [0.1, 0.15) is 0 Å². The molecule has 2 atom stereocenters. The van der Waals surface area contributed by atoms with Crippen LogP contribution < -0.4 is 5.32 Å². The van der Waals surface area contributed by atoms with Crippen molar-refractivity contribution in [2.24, 2.45) is 0 Å². The molecule has 2 rings (SSSR count). The summed E-state index contributed by atoms with van der Waals surface area (Å²) in [6, 6.07) is 5.59. The van der Waals surface area contributed by atoms with E-state index in [0.29, 0.717) is 17.3 Å². The Labute approximate surface area is 109 Å². The zero-order chi connectivity index (χ0) is 12.6. The van der Waals surface area contributed by atoms with E-state index in [1.165, 1.54) is 22.4 Å². The van der Waals surface area contributed by atoms with Crippen molar-refractivity contribution in [2.45, 2.75) is 63.3 Å². The molecule has 0 aliphatic carbocycles. The van der Waals surface area contributed by atoms with E-state index in [1.54, 1.807) is 5.56 Å². The lowest BCUT2D eigenvalue weighted by molar-refractivity contribution is 0.440. The Bertz CT molecular complexity index is 412. The lowest BCUT2D eigenvalue weighted by atomic mass is 9.94. The van der Waals surface area contributed by atoms with Crippen molar-refractivity contribution in [3.05, 3.63) is 28.8 Å². The van der Waals surface area contributed by atoms with Crippen LogP contribution in [0.1, 0.15) is 49.9 Å². The van der Waals surface area contributed by atoms with E-state index in [1.807, 2.05) is 11.8 Å². The van der Waals surface area contributed by atoms with Gasteiger partial charge in [-0.15, -0.1) is 11.8 Å². The Morgan fingerprint density at radius 3 is 2.53 bits per heavy atom. The van der Waals surface area contributed by atoms with Gasteiger partial charge in [0, 0.05) is 22.2 Å². The first-order chi connectivity index (χ1) is 7.99. The smallest absolute Gasteiger partial charge is 0.0346 e. The van der Waals surface area contributed by atoms with Crippen molar-refractivity contribution in [1.82, 2.24) is 5.32 Å². The van der Waals surface area contributed by atoms with Crippen LogP contribution in [0.3, 0.4) is 0 Å². The number of fused-ring (bicyclic) bond motifs is 1. The number of hydrogen-bond acceptors (Lipinski definition) is 2. The lowest BCUT2D eigenvalue weighted by Crippen LogP contribution is -2.32. The summed E-state index contributed by atoms with van der Waals surface area (Å²) in [4.78, 5) is 1.52. The highest BCUT2D eigenvalue weighted by Gasteiger charge is 2.27. The van der Waals surface area contributed by atoms with Gasteiger partial charge >= 0.3 is 0 Å². The third-order valence-electron chi connectivity index (χ3n) is 3.38. The number of benzene rings is 1. The van der Waals surface area contributed by atoms with Gasteiger partial charge in [0.25, 0.3) is 0 Å². The Morgan fingerprint density at radius 1 is 1.24 bits per heavy atom. The van der Waals surface area contributed by atoms with Crippen LogP contribution in [0.5, 0.6) is 0 Å². The third kappa shape index (κ3) is 2.69. The van der Waals surface area contributed by atoms with Crippen LogP contribution in [-0.2, 0) is 0 Å². The summed E-state index contributed by atoms with van der Waals surface area (Å²) >= 11 is 2.04. The summed E-state index contributed by atoms with van der Waals surface area (Å²) < 4.78 is 0.